The molecule has 9 heteroatoms. The minimum absolute atomic E-state index is 0.0462. The van der Waals surface area contributed by atoms with E-state index in [-0.39, 0.29) is 29.8 Å². The normalized spacial score (nSPS) is 18.4. The molecule has 0 spiro atoms. The van der Waals surface area contributed by atoms with Gasteiger partial charge >= 0.3 is 6.18 Å². The first kappa shape index (κ1) is 17.7. The van der Waals surface area contributed by atoms with E-state index >= 15 is 0 Å². The molecule has 1 unspecified atom stereocenters. The maximum absolute atomic E-state index is 12.6. The molecule has 0 bridgehead atoms. The van der Waals surface area contributed by atoms with Crippen LogP contribution in [0.3, 0.4) is 0 Å². The molecule has 4 nitrogen and oxygen atoms in total. The molecule has 0 aromatic heterocycles. The Morgan fingerprint density at radius 1 is 1.43 bits per heavy atom. The van der Waals surface area contributed by atoms with Crippen molar-refractivity contribution in [3.05, 3.63) is 29.8 Å². The van der Waals surface area contributed by atoms with Gasteiger partial charge in [-0.05, 0) is 25.1 Å². The number of rotatable bonds is 4. The summed E-state index contributed by atoms with van der Waals surface area (Å²) in [6, 6.07) is 4.38. The van der Waals surface area contributed by atoms with Crippen LogP contribution in [0.15, 0.2) is 24.3 Å². The van der Waals surface area contributed by atoms with Gasteiger partial charge in [0.25, 0.3) is 0 Å². The van der Waals surface area contributed by atoms with Crippen LogP contribution < -0.4 is 5.32 Å². The largest absolute Gasteiger partial charge is 0.416 e. The van der Waals surface area contributed by atoms with Crippen LogP contribution in [0.1, 0.15) is 18.9 Å². The van der Waals surface area contributed by atoms with Crippen molar-refractivity contribution in [2.24, 2.45) is 0 Å². The van der Waals surface area contributed by atoms with Crippen molar-refractivity contribution in [1.82, 2.24) is 4.90 Å². The molecule has 1 aliphatic heterocycles. The topological polar surface area (TPSA) is 49.4 Å². The lowest BCUT2D eigenvalue weighted by molar-refractivity contribution is -0.137. The second-order valence-corrected chi connectivity index (χ2v) is 6.87. The van der Waals surface area contributed by atoms with Crippen LogP contribution in [0.4, 0.5) is 18.9 Å². The van der Waals surface area contributed by atoms with Crippen LogP contribution in [-0.2, 0) is 15.8 Å². The molecule has 1 N–H and O–H groups in total. The number of carbonyl (C=O) groups is 2. The number of benzene rings is 1. The summed E-state index contributed by atoms with van der Waals surface area (Å²) in [6.45, 7) is 1.84. The van der Waals surface area contributed by atoms with Crippen molar-refractivity contribution in [3.63, 3.8) is 0 Å². The Balaban J connectivity index is 1.93. The van der Waals surface area contributed by atoms with Crippen molar-refractivity contribution in [2.45, 2.75) is 24.8 Å². The number of thiocarbonyl (C=S) groups is 1. The van der Waals surface area contributed by atoms with Gasteiger partial charge in [0.1, 0.15) is 4.32 Å². The fourth-order valence-electron chi connectivity index (χ4n) is 1.99. The molecule has 1 aromatic carbocycles. The van der Waals surface area contributed by atoms with Crippen LogP contribution in [-0.4, -0.2) is 32.8 Å². The number of hydrogen-bond acceptors (Lipinski definition) is 4. The summed E-state index contributed by atoms with van der Waals surface area (Å²) < 4.78 is 38.2. The molecule has 1 aromatic rings. The van der Waals surface area contributed by atoms with E-state index in [4.69, 9.17) is 12.2 Å². The van der Waals surface area contributed by atoms with E-state index in [1.165, 1.54) is 28.8 Å². The third-order valence-electron chi connectivity index (χ3n) is 3.15. The van der Waals surface area contributed by atoms with Crippen LogP contribution in [0.5, 0.6) is 0 Å². The average Bonchev–Trinajstić information content (AvgIpc) is 2.69. The Labute approximate surface area is 140 Å². The zero-order valence-corrected chi connectivity index (χ0v) is 13.6. The fraction of sp³-hybridized carbons (Fsp3) is 0.357. The molecule has 2 amide bonds. The Morgan fingerprint density at radius 3 is 2.70 bits per heavy atom. The van der Waals surface area contributed by atoms with E-state index in [1.807, 2.05) is 0 Å². The molecule has 0 aliphatic carbocycles. The lowest BCUT2D eigenvalue weighted by Gasteiger charge is -2.15. The SMILES string of the molecule is CC1SC(=S)N(CCC(=O)Nc2cccc(C(F)(F)F)c2)C1=O. The summed E-state index contributed by atoms with van der Waals surface area (Å²) in [5.41, 5.74) is -0.778. The molecule has 1 aliphatic rings. The summed E-state index contributed by atoms with van der Waals surface area (Å²) in [6.07, 6.45) is -4.52. The molecule has 0 saturated carbocycles. The number of alkyl halides is 3. The highest BCUT2D eigenvalue weighted by atomic mass is 32.2. The maximum Gasteiger partial charge on any atom is 0.416 e. The lowest BCUT2D eigenvalue weighted by Crippen LogP contribution is -2.33. The predicted molar refractivity (Wildman–Crippen MR) is 86.1 cm³/mol. The quantitative estimate of drug-likeness (QED) is 0.835. The number of nitrogens with zero attached hydrogens (tertiary/aromatic N) is 1. The van der Waals surface area contributed by atoms with Crippen LogP contribution in [0, 0.1) is 0 Å². The third-order valence-corrected chi connectivity index (χ3v) is 4.63. The Bertz CT molecular complexity index is 649. The van der Waals surface area contributed by atoms with Gasteiger partial charge < -0.3 is 5.32 Å². The Kier molecular flexibility index (Phi) is 5.30. The molecule has 23 heavy (non-hydrogen) atoms. The summed E-state index contributed by atoms with van der Waals surface area (Å²) in [5, 5.41) is 2.12. The van der Waals surface area contributed by atoms with E-state index in [9.17, 15) is 22.8 Å². The number of thioether (sulfide) groups is 1. The van der Waals surface area contributed by atoms with Crippen LogP contribution in [0.2, 0.25) is 0 Å². The van der Waals surface area contributed by atoms with Crippen molar-refractivity contribution in [1.29, 1.82) is 0 Å². The molecule has 124 valence electrons. The number of nitrogens with one attached hydrogen (secondary N) is 1. The van der Waals surface area contributed by atoms with E-state index in [0.29, 0.717) is 4.32 Å². The van der Waals surface area contributed by atoms with Gasteiger partial charge in [0.05, 0.1) is 10.8 Å². The van der Waals surface area contributed by atoms with Gasteiger partial charge in [-0.15, -0.1) is 0 Å². The van der Waals surface area contributed by atoms with Crippen molar-refractivity contribution in [3.8, 4) is 0 Å². The van der Waals surface area contributed by atoms with Gasteiger partial charge in [-0.2, -0.15) is 13.2 Å². The van der Waals surface area contributed by atoms with Gasteiger partial charge in [-0.3, -0.25) is 14.5 Å². The summed E-state index contributed by atoms with van der Waals surface area (Å²) >= 11 is 6.29. The molecule has 2 rings (SSSR count). The highest BCUT2D eigenvalue weighted by Gasteiger charge is 2.33. The van der Waals surface area contributed by atoms with E-state index in [0.717, 1.165) is 12.1 Å². The first-order chi connectivity index (χ1) is 10.7. The van der Waals surface area contributed by atoms with Crippen molar-refractivity contribution in [2.75, 3.05) is 11.9 Å². The number of halogens is 3. The highest BCUT2D eigenvalue weighted by Crippen LogP contribution is 2.31. The van der Waals surface area contributed by atoms with Gasteiger partial charge in [0.2, 0.25) is 11.8 Å². The number of anilines is 1. The Hall–Kier alpha value is -1.61. The second kappa shape index (κ2) is 6.88. The molecule has 1 atom stereocenters. The molecular weight excluding hydrogens is 349 g/mol. The molecule has 1 heterocycles. The standard InChI is InChI=1S/C14H13F3N2O2S2/c1-8-12(21)19(13(22)23-8)6-5-11(20)18-10-4-2-3-9(7-10)14(15,16)17/h2-4,7-8H,5-6H2,1H3,(H,18,20). The monoisotopic (exact) mass is 362 g/mol. The van der Waals surface area contributed by atoms with Crippen LogP contribution in [0.25, 0.3) is 0 Å². The minimum Gasteiger partial charge on any atom is -0.326 e. The van der Waals surface area contributed by atoms with Crippen molar-refractivity contribution < 1.29 is 22.8 Å². The van der Waals surface area contributed by atoms with Gasteiger partial charge in [0, 0.05) is 18.7 Å². The van der Waals surface area contributed by atoms with Crippen molar-refractivity contribution >= 4 is 45.8 Å². The number of carbonyl (C=O) groups excluding carboxylic acids is 2. The first-order valence-corrected chi connectivity index (χ1v) is 7.96. The van der Waals surface area contributed by atoms with E-state index in [2.05, 4.69) is 5.32 Å². The Morgan fingerprint density at radius 2 is 2.13 bits per heavy atom. The maximum atomic E-state index is 12.6. The molecular formula is C14H13F3N2O2S2. The van der Waals surface area contributed by atoms with Gasteiger partial charge in [-0.1, -0.05) is 30.0 Å². The van der Waals surface area contributed by atoms with E-state index < -0.39 is 17.6 Å². The smallest absolute Gasteiger partial charge is 0.326 e. The third kappa shape index (κ3) is 4.44. The number of hydrogen-bond donors (Lipinski definition) is 1. The predicted octanol–water partition coefficient (Wildman–Crippen LogP) is 3.28. The summed E-state index contributed by atoms with van der Waals surface area (Å²) in [4.78, 5) is 25.0. The lowest BCUT2D eigenvalue weighted by atomic mass is 10.2. The average molecular weight is 362 g/mol. The highest BCUT2D eigenvalue weighted by molar-refractivity contribution is 8.24. The minimum atomic E-state index is -4.47. The zero-order valence-electron chi connectivity index (χ0n) is 12.0. The van der Waals surface area contributed by atoms with E-state index in [1.54, 1.807) is 6.92 Å². The number of amides is 2. The van der Waals surface area contributed by atoms with Crippen LogP contribution >= 0.6 is 24.0 Å². The second-order valence-electron chi connectivity index (χ2n) is 4.89. The molecule has 0 radical (unpaired) electrons. The summed E-state index contributed by atoms with van der Waals surface area (Å²) in [5.74, 6) is -0.642. The van der Waals surface area contributed by atoms with Gasteiger partial charge in [0.15, 0.2) is 0 Å². The van der Waals surface area contributed by atoms with Gasteiger partial charge in [-0.25, -0.2) is 0 Å². The molecule has 1 saturated heterocycles. The first-order valence-electron chi connectivity index (χ1n) is 6.67. The molecule has 1 fully saturated rings. The fourth-order valence-corrected chi connectivity index (χ4v) is 3.44. The zero-order chi connectivity index (χ0) is 17.2. The summed E-state index contributed by atoms with van der Waals surface area (Å²) in [7, 11) is 0.